The molecule has 0 saturated carbocycles. The SMILES string of the molecule is O=C(O)C(=O)N1CCN2CCC[C@H]2C1. The number of amides is 1. The van der Waals surface area contributed by atoms with Crippen molar-refractivity contribution in [3.05, 3.63) is 0 Å². The number of hydrogen-bond acceptors (Lipinski definition) is 3. The van der Waals surface area contributed by atoms with Crippen molar-refractivity contribution in [3.63, 3.8) is 0 Å². The number of piperazine rings is 1. The molecule has 78 valence electrons. The number of carboxylic acid groups (broad SMARTS) is 1. The molecule has 0 aromatic heterocycles. The summed E-state index contributed by atoms with van der Waals surface area (Å²) in [7, 11) is 0. The maximum atomic E-state index is 11.2. The summed E-state index contributed by atoms with van der Waals surface area (Å²) in [4.78, 5) is 25.5. The van der Waals surface area contributed by atoms with Crippen molar-refractivity contribution in [2.75, 3.05) is 26.2 Å². The highest BCUT2D eigenvalue weighted by molar-refractivity contribution is 6.31. The van der Waals surface area contributed by atoms with Gasteiger partial charge < -0.3 is 10.0 Å². The molecule has 0 aromatic rings. The molecule has 2 rings (SSSR count). The third-order valence-corrected chi connectivity index (χ3v) is 3.06. The number of fused-ring (bicyclic) bond motifs is 1. The lowest BCUT2D eigenvalue weighted by Crippen LogP contribution is -2.53. The third kappa shape index (κ3) is 1.59. The predicted octanol–water partition coefficient (Wildman–Crippen LogP) is -0.622. The topological polar surface area (TPSA) is 60.9 Å². The highest BCUT2D eigenvalue weighted by Gasteiger charge is 2.34. The van der Waals surface area contributed by atoms with Crippen molar-refractivity contribution in [1.82, 2.24) is 9.80 Å². The van der Waals surface area contributed by atoms with Crippen LogP contribution in [0.3, 0.4) is 0 Å². The first kappa shape index (κ1) is 9.45. The lowest BCUT2D eigenvalue weighted by Gasteiger charge is -2.36. The van der Waals surface area contributed by atoms with E-state index in [4.69, 9.17) is 5.11 Å². The van der Waals surface area contributed by atoms with Gasteiger partial charge in [-0.05, 0) is 19.4 Å². The van der Waals surface area contributed by atoms with Crippen LogP contribution in [0.15, 0.2) is 0 Å². The van der Waals surface area contributed by atoms with Gasteiger partial charge >= 0.3 is 11.9 Å². The molecule has 2 aliphatic heterocycles. The average molecular weight is 198 g/mol. The number of aliphatic carboxylic acids is 1. The molecular weight excluding hydrogens is 184 g/mol. The van der Waals surface area contributed by atoms with E-state index in [1.54, 1.807) is 0 Å². The van der Waals surface area contributed by atoms with Crippen LogP contribution < -0.4 is 0 Å². The molecule has 5 heteroatoms. The smallest absolute Gasteiger partial charge is 0.394 e. The van der Waals surface area contributed by atoms with Crippen LogP contribution in [-0.4, -0.2) is 59.0 Å². The maximum absolute atomic E-state index is 11.2. The first-order chi connectivity index (χ1) is 6.68. The Labute approximate surface area is 82.3 Å². The van der Waals surface area contributed by atoms with Gasteiger partial charge in [-0.1, -0.05) is 0 Å². The molecule has 5 nitrogen and oxygen atoms in total. The molecule has 14 heavy (non-hydrogen) atoms. The van der Waals surface area contributed by atoms with E-state index < -0.39 is 11.9 Å². The second-order valence-electron chi connectivity index (χ2n) is 3.89. The van der Waals surface area contributed by atoms with E-state index in [0.717, 1.165) is 19.5 Å². The Morgan fingerprint density at radius 3 is 2.71 bits per heavy atom. The van der Waals surface area contributed by atoms with Crippen molar-refractivity contribution >= 4 is 11.9 Å². The number of nitrogens with zero attached hydrogens (tertiary/aromatic N) is 2. The molecule has 0 unspecified atom stereocenters. The Kier molecular flexibility index (Phi) is 2.41. The van der Waals surface area contributed by atoms with Gasteiger partial charge in [0.2, 0.25) is 0 Å². The lowest BCUT2D eigenvalue weighted by atomic mass is 10.1. The predicted molar refractivity (Wildman–Crippen MR) is 48.8 cm³/mol. The first-order valence-corrected chi connectivity index (χ1v) is 4.95. The Bertz CT molecular complexity index is 267. The van der Waals surface area contributed by atoms with E-state index in [2.05, 4.69) is 4.90 Å². The lowest BCUT2D eigenvalue weighted by molar-refractivity contribution is -0.157. The van der Waals surface area contributed by atoms with Crippen LogP contribution >= 0.6 is 0 Å². The summed E-state index contributed by atoms with van der Waals surface area (Å²) < 4.78 is 0. The van der Waals surface area contributed by atoms with Gasteiger partial charge in [-0.3, -0.25) is 9.69 Å². The normalized spacial score (nSPS) is 27.4. The fourth-order valence-electron chi connectivity index (χ4n) is 2.31. The molecule has 0 spiro atoms. The number of carboxylic acids is 1. The van der Waals surface area contributed by atoms with E-state index >= 15 is 0 Å². The zero-order chi connectivity index (χ0) is 10.1. The van der Waals surface area contributed by atoms with Crippen LogP contribution in [0, 0.1) is 0 Å². The molecule has 0 aromatic carbocycles. The molecule has 1 N–H and O–H groups in total. The summed E-state index contributed by atoms with van der Waals surface area (Å²) in [6.45, 7) is 3.07. The van der Waals surface area contributed by atoms with Crippen molar-refractivity contribution < 1.29 is 14.7 Å². The number of carbonyl (C=O) groups excluding carboxylic acids is 1. The highest BCUT2D eigenvalue weighted by Crippen LogP contribution is 2.21. The minimum atomic E-state index is -1.34. The molecular formula is C9H14N2O3. The molecule has 2 saturated heterocycles. The van der Waals surface area contributed by atoms with Gasteiger partial charge in [0.15, 0.2) is 0 Å². The van der Waals surface area contributed by atoms with E-state index in [9.17, 15) is 9.59 Å². The third-order valence-electron chi connectivity index (χ3n) is 3.06. The molecule has 1 atom stereocenters. The zero-order valence-corrected chi connectivity index (χ0v) is 7.98. The Hall–Kier alpha value is -1.10. The zero-order valence-electron chi connectivity index (χ0n) is 7.98. The van der Waals surface area contributed by atoms with E-state index in [1.165, 1.54) is 11.3 Å². The van der Waals surface area contributed by atoms with Crippen LogP contribution in [0.5, 0.6) is 0 Å². The minimum absolute atomic E-state index is 0.395. The summed E-state index contributed by atoms with van der Waals surface area (Å²) in [5.74, 6) is -2.09. The number of hydrogen-bond donors (Lipinski definition) is 1. The fourth-order valence-corrected chi connectivity index (χ4v) is 2.31. The van der Waals surface area contributed by atoms with E-state index in [0.29, 0.717) is 19.1 Å². The molecule has 0 aliphatic carbocycles. The standard InChI is InChI=1S/C9H14N2O3/c12-8(9(13)14)11-5-4-10-3-1-2-7(10)6-11/h7H,1-6H2,(H,13,14)/t7-/m0/s1. The summed E-state index contributed by atoms with van der Waals surface area (Å²) in [5, 5.41) is 8.57. The summed E-state index contributed by atoms with van der Waals surface area (Å²) in [5.41, 5.74) is 0. The van der Waals surface area contributed by atoms with Gasteiger partial charge in [0.1, 0.15) is 0 Å². The Morgan fingerprint density at radius 1 is 1.21 bits per heavy atom. The van der Waals surface area contributed by atoms with Gasteiger partial charge in [0.25, 0.3) is 0 Å². The van der Waals surface area contributed by atoms with E-state index in [-0.39, 0.29) is 0 Å². The van der Waals surface area contributed by atoms with Crippen LogP contribution in [-0.2, 0) is 9.59 Å². The van der Waals surface area contributed by atoms with Gasteiger partial charge in [-0.15, -0.1) is 0 Å². The van der Waals surface area contributed by atoms with Crippen molar-refractivity contribution in [3.8, 4) is 0 Å². The minimum Gasteiger partial charge on any atom is -0.474 e. The maximum Gasteiger partial charge on any atom is 0.394 e. The monoisotopic (exact) mass is 198 g/mol. The Morgan fingerprint density at radius 2 is 2.00 bits per heavy atom. The second kappa shape index (κ2) is 3.57. The molecule has 2 aliphatic rings. The molecule has 1 amide bonds. The van der Waals surface area contributed by atoms with Crippen LogP contribution in [0.25, 0.3) is 0 Å². The molecule has 0 bridgehead atoms. The van der Waals surface area contributed by atoms with Gasteiger partial charge in [-0.25, -0.2) is 4.79 Å². The summed E-state index contributed by atoms with van der Waals surface area (Å²) in [6, 6.07) is 0.395. The van der Waals surface area contributed by atoms with Crippen molar-refractivity contribution in [2.24, 2.45) is 0 Å². The molecule has 2 heterocycles. The van der Waals surface area contributed by atoms with E-state index in [1.807, 2.05) is 0 Å². The highest BCUT2D eigenvalue weighted by atomic mass is 16.4. The van der Waals surface area contributed by atoms with Crippen LogP contribution in [0.4, 0.5) is 0 Å². The fraction of sp³-hybridized carbons (Fsp3) is 0.778. The molecule has 2 fully saturated rings. The van der Waals surface area contributed by atoms with Crippen molar-refractivity contribution in [1.29, 1.82) is 0 Å². The largest absolute Gasteiger partial charge is 0.474 e. The Balaban J connectivity index is 1.97. The van der Waals surface area contributed by atoms with Crippen LogP contribution in [0.2, 0.25) is 0 Å². The van der Waals surface area contributed by atoms with Crippen molar-refractivity contribution in [2.45, 2.75) is 18.9 Å². The second-order valence-corrected chi connectivity index (χ2v) is 3.89. The number of rotatable bonds is 0. The summed E-state index contributed by atoms with van der Waals surface area (Å²) in [6.07, 6.45) is 2.25. The summed E-state index contributed by atoms with van der Waals surface area (Å²) >= 11 is 0. The average Bonchev–Trinajstić information content (AvgIpc) is 2.62. The van der Waals surface area contributed by atoms with Gasteiger partial charge in [-0.2, -0.15) is 0 Å². The van der Waals surface area contributed by atoms with Gasteiger partial charge in [0, 0.05) is 25.7 Å². The first-order valence-electron chi connectivity index (χ1n) is 4.95. The van der Waals surface area contributed by atoms with Gasteiger partial charge in [0.05, 0.1) is 0 Å². The van der Waals surface area contributed by atoms with Crippen LogP contribution in [0.1, 0.15) is 12.8 Å². The number of carbonyl (C=O) groups is 2. The quantitative estimate of drug-likeness (QED) is 0.527. The molecule has 0 radical (unpaired) electrons.